The first kappa shape index (κ1) is 23.0. The maximum absolute atomic E-state index is 12.9. The van der Waals surface area contributed by atoms with Crippen LogP contribution in [-0.4, -0.2) is 22.5 Å². The van der Waals surface area contributed by atoms with Crippen LogP contribution in [0.15, 0.2) is 53.8 Å². The van der Waals surface area contributed by atoms with E-state index in [9.17, 15) is 4.39 Å². The smallest absolute Gasteiger partial charge is 0.219 e. The lowest BCUT2D eigenvalue weighted by atomic mass is 10.3. The molecule has 6 nitrogen and oxygen atoms in total. The van der Waals surface area contributed by atoms with Crippen molar-refractivity contribution in [3.63, 3.8) is 0 Å². The van der Waals surface area contributed by atoms with Crippen LogP contribution < -0.4 is 15.4 Å². The van der Waals surface area contributed by atoms with E-state index in [-0.39, 0.29) is 29.8 Å². The molecular weight excluding hydrogens is 504 g/mol. The van der Waals surface area contributed by atoms with Gasteiger partial charge >= 0.3 is 0 Å². The van der Waals surface area contributed by atoms with E-state index < -0.39 is 0 Å². The molecule has 3 aromatic rings. The van der Waals surface area contributed by atoms with Gasteiger partial charge in [0.2, 0.25) is 5.88 Å². The van der Waals surface area contributed by atoms with Gasteiger partial charge in [-0.2, -0.15) is 0 Å². The number of benzene rings is 1. The minimum atomic E-state index is -0.302. The molecule has 0 atom stereocenters. The first-order valence-corrected chi connectivity index (χ1v) is 9.76. The van der Waals surface area contributed by atoms with Crippen LogP contribution in [0.4, 0.5) is 4.39 Å². The number of hydrogen-bond acceptors (Lipinski definition) is 5. The van der Waals surface area contributed by atoms with Crippen molar-refractivity contribution in [2.75, 3.05) is 6.54 Å². The van der Waals surface area contributed by atoms with Crippen molar-refractivity contribution in [1.29, 1.82) is 0 Å². The van der Waals surface area contributed by atoms with Gasteiger partial charge in [-0.25, -0.2) is 19.4 Å². The SMILES string of the molecule is CCNC(=NCc1ccc(Oc2ccc(F)cc2)nc1)NCc1ncc(C)s1.I. The molecule has 0 amide bonds. The number of halogens is 2. The Bertz CT molecular complexity index is 915. The second kappa shape index (κ2) is 11.7. The number of pyridine rings is 1. The Kier molecular flexibility index (Phi) is 9.26. The van der Waals surface area contributed by atoms with Gasteiger partial charge in [-0.05, 0) is 43.7 Å². The summed E-state index contributed by atoms with van der Waals surface area (Å²) >= 11 is 1.66. The molecule has 154 valence electrons. The van der Waals surface area contributed by atoms with Crippen LogP contribution in [0.3, 0.4) is 0 Å². The number of aryl methyl sites for hydroxylation is 1. The first-order valence-electron chi connectivity index (χ1n) is 8.94. The predicted molar refractivity (Wildman–Crippen MR) is 125 cm³/mol. The molecule has 29 heavy (non-hydrogen) atoms. The van der Waals surface area contributed by atoms with Gasteiger partial charge in [-0.1, -0.05) is 6.07 Å². The highest BCUT2D eigenvalue weighted by Crippen LogP contribution is 2.19. The molecule has 0 aliphatic rings. The van der Waals surface area contributed by atoms with E-state index in [1.165, 1.54) is 17.0 Å². The lowest BCUT2D eigenvalue weighted by Gasteiger charge is -2.10. The summed E-state index contributed by atoms with van der Waals surface area (Å²) < 4.78 is 18.5. The summed E-state index contributed by atoms with van der Waals surface area (Å²) in [6.45, 7) is 5.94. The summed E-state index contributed by atoms with van der Waals surface area (Å²) in [7, 11) is 0. The number of aromatic nitrogens is 2. The number of thiazole rings is 1. The van der Waals surface area contributed by atoms with Crippen molar-refractivity contribution in [2.24, 2.45) is 4.99 Å². The Hall–Kier alpha value is -2.27. The molecule has 0 spiro atoms. The van der Waals surface area contributed by atoms with Gasteiger partial charge in [0.15, 0.2) is 5.96 Å². The Morgan fingerprint density at radius 2 is 1.90 bits per heavy atom. The lowest BCUT2D eigenvalue weighted by Crippen LogP contribution is -2.36. The third-order valence-corrected chi connectivity index (χ3v) is 4.59. The number of aliphatic imine (C=N–C) groups is 1. The van der Waals surface area contributed by atoms with E-state index in [4.69, 9.17) is 4.74 Å². The third-order valence-electron chi connectivity index (χ3n) is 3.67. The lowest BCUT2D eigenvalue weighted by molar-refractivity contribution is 0.461. The van der Waals surface area contributed by atoms with E-state index >= 15 is 0 Å². The van der Waals surface area contributed by atoms with Gasteiger partial charge in [0.1, 0.15) is 16.6 Å². The van der Waals surface area contributed by atoms with Crippen molar-refractivity contribution in [3.05, 3.63) is 70.1 Å². The van der Waals surface area contributed by atoms with Crippen LogP contribution in [-0.2, 0) is 13.1 Å². The average molecular weight is 527 g/mol. The Labute approximate surface area is 190 Å². The van der Waals surface area contributed by atoms with Crippen molar-refractivity contribution in [2.45, 2.75) is 26.9 Å². The molecule has 2 N–H and O–H groups in total. The fourth-order valence-electron chi connectivity index (χ4n) is 2.34. The van der Waals surface area contributed by atoms with Gasteiger partial charge < -0.3 is 15.4 Å². The molecule has 0 unspecified atom stereocenters. The van der Waals surface area contributed by atoms with Crippen molar-refractivity contribution < 1.29 is 9.13 Å². The Balaban J connectivity index is 0.00000300. The zero-order chi connectivity index (χ0) is 19.8. The van der Waals surface area contributed by atoms with Crippen LogP contribution in [0.5, 0.6) is 11.6 Å². The van der Waals surface area contributed by atoms with Crippen molar-refractivity contribution in [1.82, 2.24) is 20.6 Å². The predicted octanol–water partition coefficient (Wildman–Crippen LogP) is 4.65. The molecule has 0 bridgehead atoms. The van der Waals surface area contributed by atoms with Gasteiger partial charge in [0.05, 0.1) is 13.1 Å². The second-order valence-electron chi connectivity index (χ2n) is 5.97. The monoisotopic (exact) mass is 527 g/mol. The number of nitrogens with zero attached hydrogens (tertiary/aromatic N) is 3. The van der Waals surface area contributed by atoms with Gasteiger partial charge in [0.25, 0.3) is 0 Å². The molecule has 0 radical (unpaired) electrons. The summed E-state index contributed by atoms with van der Waals surface area (Å²) in [5.74, 6) is 1.41. The van der Waals surface area contributed by atoms with E-state index in [1.807, 2.05) is 26.1 Å². The van der Waals surface area contributed by atoms with Gasteiger partial charge in [0, 0.05) is 29.9 Å². The molecule has 1 aromatic carbocycles. The minimum absolute atomic E-state index is 0. The molecule has 2 heterocycles. The first-order chi connectivity index (χ1) is 13.6. The normalized spacial score (nSPS) is 10.9. The minimum Gasteiger partial charge on any atom is -0.439 e. The molecule has 0 aliphatic heterocycles. The highest BCUT2D eigenvalue weighted by Gasteiger charge is 2.03. The summed E-state index contributed by atoms with van der Waals surface area (Å²) in [5.41, 5.74) is 0.953. The molecule has 2 aromatic heterocycles. The Morgan fingerprint density at radius 1 is 1.10 bits per heavy atom. The molecule has 9 heteroatoms. The zero-order valence-electron chi connectivity index (χ0n) is 16.2. The summed E-state index contributed by atoms with van der Waals surface area (Å²) in [5, 5.41) is 7.52. The van der Waals surface area contributed by atoms with Crippen LogP contribution >= 0.6 is 35.3 Å². The van der Waals surface area contributed by atoms with E-state index in [0.29, 0.717) is 24.7 Å². The fourth-order valence-corrected chi connectivity index (χ4v) is 3.07. The van der Waals surface area contributed by atoms with Gasteiger partial charge in [-0.15, -0.1) is 35.3 Å². The standard InChI is InChI=1S/C20H22FN5OS.HI/c1-3-22-20(26-13-19-24-10-14(2)28-19)25-12-15-4-9-18(23-11-15)27-17-7-5-16(21)6-8-17;/h4-11H,3,12-13H2,1-2H3,(H2,22,25,26);1H. The van der Waals surface area contributed by atoms with Gasteiger partial charge in [-0.3, -0.25) is 0 Å². The number of rotatable bonds is 7. The maximum atomic E-state index is 12.9. The third kappa shape index (κ3) is 7.58. The molecule has 0 fully saturated rings. The average Bonchev–Trinajstić information content (AvgIpc) is 3.12. The summed E-state index contributed by atoms with van der Waals surface area (Å²) in [6, 6.07) is 9.50. The molecule has 0 saturated carbocycles. The fraction of sp³-hybridized carbons (Fsp3) is 0.250. The maximum Gasteiger partial charge on any atom is 0.219 e. The van der Waals surface area contributed by atoms with E-state index in [0.717, 1.165) is 23.1 Å². The largest absolute Gasteiger partial charge is 0.439 e. The topological polar surface area (TPSA) is 71.4 Å². The summed E-state index contributed by atoms with van der Waals surface area (Å²) in [6.07, 6.45) is 3.59. The van der Waals surface area contributed by atoms with Crippen LogP contribution in [0.25, 0.3) is 0 Å². The number of guanidine groups is 1. The quantitative estimate of drug-likeness (QED) is 0.266. The number of hydrogen-bond donors (Lipinski definition) is 2. The molecule has 3 rings (SSSR count). The number of nitrogens with one attached hydrogen (secondary N) is 2. The highest BCUT2D eigenvalue weighted by molar-refractivity contribution is 14.0. The molecule has 0 saturated heterocycles. The summed E-state index contributed by atoms with van der Waals surface area (Å²) in [4.78, 5) is 14.4. The van der Waals surface area contributed by atoms with Crippen LogP contribution in [0, 0.1) is 12.7 Å². The van der Waals surface area contributed by atoms with Crippen molar-refractivity contribution in [3.8, 4) is 11.6 Å². The second-order valence-corrected chi connectivity index (χ2v) is 7.29. The Morgan fingerprint density at radius 3 is 2.52 bits per heavy atom. The van der Waals surface area contributed by atoms with Crippen LogP contribution in [0.2, 0.25) is 0 Å². The zero-order valence-corrected chi connectivity index (χ0v) is 19.3. The number of ether oxygens (including phenoxy) is 1. The van der Waals surface area contributed by atoms with E-state index in [2.05, 4.69) is 25.6 Å². The molecular formula is C20H23FIN5OS. The van der Waals surface area contributed by atoms with E-state index in [1.54, 1.807) is 35.7 Å². The molecule has 0 aliphatic carbocycles. The van der Waals surface area contributed by atoms with Crippen molar-refractivity contribution >= 4 is 41.3 Å². The highest BCUT2D eigenvalue weighted by atomic mass is 127. The van der Waals surface area contributed by atoms with Crippen LogP contribution in [0.1, 0.15) is 22.4 Å².